The van der Waals surface area contributed by atoms with Crippen LogP contribution in [0.2, 0.25) is 0 Å². The summed E-state index contributed by atoms with van der Waals surface area (Å²) in [6, 6.07) is 4.47. The number of aromatic nitrogens is 1. The van der Waals surface area contributed by atoms with E-state index in [0.29, 0.717) is 0 Å². The van der Waals surface area contributed by atoms with Gasteiger partial charge in [0.2, 0.25) is 0 Å². The summed E-state index contributed by atoms with van der Waals surface area (Å²) in [7, 11) is 0. The van der Waals surface area contributed by atoms with E-state index in [9.17, 15) is 0 Å². The quantitative estimate of drug-likeness (QED) is 0.543. The summed E-state index contributed by atoms with van der Waals surface area (Å²) >= 11 is 4.29. The molecule has 0 spiro atoms. The summed E-state index contributed by atoms with van der Waals surface area (Å²) in [5.74, 6) is 0.927. The van der Waals surface area contributed by atoms with Crippen LogP contribution in [0.25, 0.3) is 0 Å². The Balaban J connectivity index is 2.56. The van der Waals surface area contributed by atoms with E-state index >= 15 is 0 Å². The molecule has 14 heavy (non-hydrogen) atoms. The van der Waals surface area contributed by atoms with Crippen LogP contribution >= 0.6 is 12.6 Å². The van der Waals surface area contributed by atoms with Gasteiger partial charge in [-0.05, 0) is 31.9 Å². The molecule has 0 amide bonds. The van der Waals surface area contributed by atoms with Gasteiger partial charge >= 0.3 is 0 Å². The van der Waals surface area contributed by atoms with Crippen molar-refractivity contribution < 1.29 is 0 Å². The van der Waals surface area contributed by atoms with Gasteiger partial charge in [0.1, 0.15) is 0 Å². The fourth-order valence-corrected chi connectivity index (χ4v) is 2.02. The average molecular weight is 211 g/mol. The number of aryl methyl sites for hydroxylation is 2. The van der Waals surface area contributed by atoms with Crippen LogP contribution in [0.4, 0.5) is 0 Å². The highest BCUT2D eigenvalue weighted by atomic mass is 32.1. The van der Waals surface area contributed by atoms with Gasteiger partial charge in [0.15, 0.2) is 0 Å². The van der Waals surface area contributed by atoms with E-state index in [1.807, 2.05) is 0 Å². The zero-order valence-electron chi connectivity index (χ0n) is 9.29. The van der Waals surface area contributed by atoms with E-state index in [2.05, 4.69) is 43.2 Å². The molecule has 0 saturated carbocycles. The third kappa shape index (κ3) is 3.09. The number of nitrogens with zero attached hydrogens (tertiary/aromatic N) is 1. The van der Waals surface area contributed by atoms with Crippen LogP contribution in [-0.4, -0.2) is 10.3 Å². The zero-order valence-corrected chi connectivity index (χ0v) is 10.2. The number of hydrogen-bond donors (Lipinski definition) is 1. The van der Waals surface area contributed by atoms with Crippen LogP contribution in [0, 0.1) is 6.92 Å². The molecular weight excluding hydrogens is 190 g/mol. The Bertz CT molecular complexity index is 265. The second-order valence-electron chi connectivity index (χ2n) is 3.80. The second-order valence-corrected chi connectivity index (χ2v) is 4.25. The Hall–Kier alpha value is -0.370. The Morgan fingerprint density at radius 3 is 2.71 bits per heavy atom. The molecule has 1 aromatic rings. The van der Waals surface area contributed by atoms with E-state index in [1.54, 1.807) is 0 Å². The first kappa shape index (κ1) is 11.7. The molecule has 0 saturated heterocycles. The minimum atomic E-state index is 0.927. The van der Waals surface area contributed by atoms with Crippen molar-refractivity contribution in [2.24, 2.45) is 0 Å². The number of unbranched alkanes of at least 4 members (excludes halogenated alkanes) is 2. The molecule has 0 fully saturated rings. The zero-order chi connectivity index (χ0) is 10.4. The van der Waals surface area contributed by atoms with Gasteiger partial charge in [-0.1, -0.05) is 19.8 Å². The van der Waals surface area contributed by atoms with Crippen molar-refractivity contribution in [1.82, 2.24) is 4.57 Å². The van der Waals surface area contributed by atoms with Gasteiger partial charge in [-0.25, -0.2) is 0 Å². The largest absolute Gasteiger partial charge is 0.348 e. The van der Waals surface area contributed by atoms with Crippen molar-refractivity contribution in [2.45, 2.75) is 46.1 Å². The van der Waals surface area contributed by atoms with Gasteiger partial charge in [0.25, 0.3) is 0 Å². The first-order valence-electron chi connectivity index (χ1n) is 5.55. The lowest BCUT2D eigenvalue weighted by molar-refractivity contribution is 0.650. The minimum absolute atomic E-state index is 0.927. The fraction of sp³-hybridized carbons (Fsp3) is 0.667. The normalized spacial score (nSPS) is 10.8. The van der Waals surface area contributed by atoms with Crippen molar-refractivity contribution in [1.29, 1.82) is 0 Å². The van der Waals surface area contributed by atoms with Gasteiger partial charge in [0.05, 0.1) is 0 Å². The van der Waals surface area contributed by atoms with Crippen LogP contribution in [0.3, 0.4) is 0 Å². The number of hydrogen-bond acceptors (Lipinski definition) is 1. The summed E-state index contributed by atoms with van der Waals surface area (Å²) in [6.07, 6.45) is 5.17. The number of rotatable bonds is 6. The minimum Gasteiger partial charge on any atom is -0.348 e. The molecule has 1 aromatic heterocycles. The topological polar surface area (TPSA) is 4.93 Å². The third-order valence-corrected chi connectivity index (χ3v) is 2.85. The molecule has 0 bridgehead atoms. The molecule has 0 N–H and O–H groups in total. The molecule has 80 valence electrons. The maximum absolute atomic E-state index is 4.29. The molecule has 1 rings (SSSR count). The van der Waals surface area contributed by atoms with Crippen molar-refractivity contribution in [2.75, 3.05) is 5.75 Å². The van der Waals surface area contributed by atoms with Gasteiger partial charge in [-0.15, -0.1) is 0 Å². The van der Waals surface area contributed by atoms with Crippen molar-refractivity contribution in [3.8, 4) is 0 Å². The van der Waals surface area contributed by atoms with Crippen molar-refractivity contribution >= 4 is 12.6 Å². The first-order chi connectivity index (χ1) is 6.79. The summed E-state index contributed by atoms with van der Waals surface area (Å²) in [5.41, 5.74) is 2.84. The Morgan fingerprint density at radius 2 is 2.07 bits per heavy atom. The van der Waals surface area contributed by atoms with Gasteiger partial charge in [0, 0.05) is 23.7 Å². The van der Waals surface area contributed by atoms with Crippen LogP contribution in [0.15, 0.2) is 12.1 Å². The molecule has 0 aromatic carbocycles. The summed E-state index contributed by atoms with van der Waals surface area (Å²) in [4.78, 5) is 0. The van der Waals surface area contributed by atoms with Crippen LogP contribution in [0.5, 0.6) is 0 Å². The third-order valence-electron chi connectivity index (χ3n) is 2.65. The fourth-order valence-electron chi connectivity index (χ4n) is 1.82. The Kier molecular flexibility index (Phi) is 5.16. The number of thiol groups is 1. The first-order valence-corrected chi connectivity index (χ1v) is 6.18. The highest BCUT2D eigenvalue weighted by Gasteiger charge is 2.03. The average Bonchev–Trinajstić information content (AvgIpc) is 2.51. The van der Waals surface area contributed by atoms with E-state index in [1.165, 1.54) is 37.1 Å². The SMILES string of the molecule is CCCCCc1ccc(C)n1CCS. The lowest BCUT2D eigenvalue weighted by atomic mass is 10.1. The highest BCUT2D eigenvalue weighted by molar-refractivity contribution is 7.80. The lowest BCUT2D eigenvalue weighted by Crippen LogP contribution is -2.06. The van der Waals surface area contributed by atoms with Gasteiger partial charge in [-0.3, -0.25) is 0 Å². The molecule has 0 aliphatic rings. The molecular formula is C12H21NS. The van der Waals surface area contributed by atoms with Gasteiger partial charge < -0.3 is 4.57 Å². The molecule has 0 unspecified atom stereocenters. The van der Waals surface area contributed by atoms with Gasteiger partial charge in [-0.2, -0.15) is 12.6 Å². The Labute approximate surface area is 92.9 Å². The smallest absolute Gasteiger partial charge is 0.0313 e. The van der Waals surface area contributed by atoms with E-state index in [4.69, 9.17) is 0 Å². The summed E-state index contributed by atoms with van der Waals surface area (Å²) < 4.78 is 2.39. The molecule has 0 radical (unpaired) electrons. The van der Waals surface area contributed by atoms with Crippen molar-refractivity contribution in [3.05, 3.63) is 23.5 Å². The molecule has 0 aliphatic heterocycles. The summed E-state index contributed by atoms with van der Waals surface area (Å²) in [5, 5.41) is 0. The van der Waals surface area contributed by atoms with Crippen LogP contribution < -0.4 is 0 Å². The maximum atomic E-state index is 4.29. The van der Waals surface area contributed by atoms with Crippen LogP contribution in [-0.2, 0) is 13.0 Å². The van der Waals surface area contributed by atoms with E-state index in [0.717, 1.165) is 12.3 Å². The molecule has 0 aliphatic carbocycles. The maximum Gasteiger partial charge on any atom is 0.0313 e. The van der Waals surface area contributed by atoms with E-state index < -0.39 is 0 Å². The second kappa shape index (κ2) is 6.18. The summed E-state index contributed by atoms with van der Waals surface area (Å²) in [6.45, 7) is 5.47. The Morgan fingerprint density at radius 1 is 1.29 bits per heavy atom. The molecule has 1 nitrogen and oxygen atoms in total. The molecule has 2 heteroatoms. The van der Waals surface area contributed by atoms with Crippen molar-refractivity contribution in [3.63, 3.8) is 0 Å². The van der Waals surface area contributed by atoms with Crippen LogP contribution in [0.1, 0.15) is 37.6 Å². The monoisotopic (exact) mass is 211 g/mol. The lowest BCUT2D eigenvalue weighted by Gasteiger charge is -2.09. The standard InChI is InChI=1S/C12H21NS/c1-3-4-5-6-12-8-7-11(2)13(12)9-10-14/h7-8,14H,3-6,9-10H2,1-2H3. The molecule has 1 heterocycles. The predicted molar refractivity (Wildman–Crippen MR) is 66.3 cm³/mol. The predicted octanol–water partition coefficient (Wildman–Crippen LogP) is 3.46. The highest BCUT2D eigenvalue weighted by Crippen LogP contribution is 2.12. The molecule has 0 atom stereocenters. The van der Waals surface area contributed by atoms with E-state index in [-0.39, 0.29) is 0 Å².